The van der Waals surface area contributed by atoms with E-state index in [1.807, 2.05) is 31.2 Å². The highest BCUT2D eigenvalue weighted by Crippen LogP contribution is 2.49. The Balaban J connectivity index is 1.82. The average Bonchev–Trinajstić information content (AvgIpc) is 3.20. The molecule has 2 fully saturated rings. The molecule has 0 spiro atoms. The van der Waals surface area contributed by atoms with Gasteiger partial charge >= 0.3 is 12.0 Å². The molecular weight excluding hydrogens is 284 g/mol. The Morgan fingerprint density at radius 1 is 1.36 bits per heavy atom. The highest BCUT2D eigenvalue weighted by atomic mass is 16.4. The number of imide groups is 1. The molecule has 1 aliphatic heterocycles. The van der Waals surface area contributed by atoms with Gasteiger partial charge in [-0.25, -0.2) is 4.79 Å². The Kier molecular flexibility index (Phi) is 3.39. The molecule has 1 aliphatic carbocycles. The summed E-state index contributed by atoms with van der Waals surface area (Å²) >= 11 is 0. The van der Waals surface area contributed by atoms with Crippen molar-refractivity contribution in [1.82, 2.24) is 10.6 Å². The van der Waals surface area contributed by atoms with Crippen molar-refractivity contribution in [3.8, 4) is 0 Å². The van der Waals surface area contributed by atoms with E-state index in [0.29, 0.717) is 19.3 Å². The summed E-state index contributed by atoms with van der Waals surface area (Å²) in [5.74, 6) is -2.20. The predicted molar refractivity (Wildman–Crippen MR) is 78.1 cm³/mol. The van der Waals surface area contributed by atoms with E-state index < -0.39 is 29.4 Å². The summed E-state index contributed by atoms with van der Waals surface area (Å²) in [6.07, 6.45) is 1.45. The summed E-state index contributed by atoms with van der Waals surface area (Å²) in [6, 6.07) is 7.32. The Hall–Kier alpha value is -2.37. The van der Waals surface area contributed by atoms with Crippen molar-refractivity contribution in [3.05, 3.63) is 35.4 Å². The molecule has 2 aliphatic rings. The van der Waals surface area contributed by atoms with E-state index in [0.717, 1.165) is 11.1 Å². The molecule has 0 bridgehead atoms. The number of amides is 3. The third-order valence-electron chi connectivity index (χ3n) is 4.76. The molecule has 22 heavy (non-hydrogen) atoms. The molecule has 1 saturated heterocycles. The Bertz CT molecular complexity index is 657. The lowest BCUT2D eigenvalue weighted by Gasteiger charge is -2.26. The number of carboxylic acid groups (broad SMARTS) is 1. The topological polar surface area (TPSA) is 95.5 Å². The van der Waals surface area contributed by atoms with Crippen LogP contribution >= 0.6 is 0 Å². The van der Waals surface area contributed by atoms with Gasteiger partial charge in [0.05, 0.1) is 5.92 Å². The number of aryl methyl sites for hydroxylation is 2. The third kappa shape index (κ3) is 2.34. The number of hydrogen-bond acceptors (Lipinski definition) is 3. The van der Waals surface area contributed by atoms with Crippen LogP contribution in [0, 0.1) is 18.8 Å². The number of carbonyl (C=O) groups is 3. The molecule has 3 N–H and O–H groups in total. The Labute approximate surface area is 127 Å². The van der Waals surface area contributed by atoms with Crippen molar-refractivity contribution in [2.45, 2.75) is 31.7 Å². The lowest BCUT2D eigenvalue weighted by Crippen LogP contribution is -2.50. The zero-order chi connectivity index (χ0) is 15.9. The van der Waals surface area contributed by atoms with Gasteiger partial charge in [0.15, 0.2) is 0 Å². The first-order chi connectivity index (χ1) is 10.4. The quantitative estimate of drug-likeness (QED) is 0.713. The molecule has 3 unspecified atom stereocenters. The van der Waals surface area contributed by atoms with Crippen LogP contribution in [0.1, 0.15) is 24.0 Å². The van der Waals surface area contributed by atoms with Crippen molar-refractivity contribution < 1.29 is 19.5 Å². The summed E-state index contributed by atoms with van der Waals surface area (Å²) in [6.45, 7) is 1.99. The number of carbonyl (C=O) groups excluding carboxylic acids is 2. The zero-order valence-corrected chi connectivity index (χ0v) is 12.3. The highest BCUT2D eigenvalue weighted by Gasteiger charge is 2.62. The number of nitrogens with one attached hydrogen (secondary N) is 2. The number of urea groups is 1. The lowest BCUT2D eigenvalue weighted by molar-refractivity contribution is -0.139. The van der Waals surface area contributed by atoms with Crippen LogP contribution in [0.5, 0.6) is 0 Å². The second kappa shape index (κ2) is 5.12. The largest absolute Gasteiger partial charge is 0.481 e. The van der Waals surface area contributed by atoms with Gasteiger partial charge in [0, 0.05) is 5.92 Å². The Morgan fingerprint density at radius 2 is 2.09 bits per heavy atom. The number of benzene rings is 1. The van der Waals surface area contributed by atoms with Crippen LogP contribution in [-0.2, 0) is 16.0 Å². The molecule has 0 aromatic heterocycles. The molecule has 1 saturated carbocycles. The van der Waals surface area contributed by atoms with Gasteiger partial charge in [-0.15, -0.1) is 0 Å². The van der Waals surface area contributed by atoms with Gasteiger partial charge in [-0.3, -0.25) is 14.9 Å². The molecule has 0 radical (unpaired) electrons. The second-order valence-electron chi connectivity index (χ2n) is 6.09. The average molecular weight is 302 g/mol. The van der Waals surface area contributed by atoms with Crippen LogP contribution in [0.25, 0.3) is 0 Å². The summed E-state index contributed by atoms with van der Waals surface area (Å²) in [4.78, 5) is 35.0. The minimum absolute atomic E-state index is 0.333. The molecule has 6 heteroatoms. The Morgan fingerprint density at radius 3 is 2.64 bits per heavy atom. The van der Waals surface area contributed by atoms with Gasteiger partial charge in [-0.2, -0.15) is 0 Å². The van der Waals surface area contributed by atoms with E-state index in [4.69, 9.17) is 5.11 Å². The fraction of sp³-hybridized carbons (Fsp3) is 0.438. The van der Waals surface area contributed by atoms with Crippen LogP contribution in [0.4, 0.5) is 4.79 Å². The van der Waals surface area contributed by atoms with E-state index in [1.165, 1.54) is 0 Å². The van der Waals surface area contributed by atoms with Gasteiger partial charge in [-0.05, 0) is 37.3 Å². The van der Waals surface area contributed by atoms with Gasteiger partial charge in [0.2, 0.25) is 0 Å². The van der Waals surface area contributed by atoms with Crippen molar-refractivity contribution in [3.63, 3.8) is 0 Å². The second-order valence-corrected chi connectivity index (χ2v) is 6.09. The summed E-state index contributed by atoms with van der Waals surface area (Å²) in [5.41, 5.74) is 1.12. The summed E-state index contributed by atoms with van der Waals surface area (Å²) < 4.78 is 0. The lowest BCUT2D eigenvalue weighted by atomic mass is 9.84. The molecular formula is C16H18N2O4. The van der Waals surface area contributed by atoms with Crippen molar-refractivity contribution >= 4 is 17.9 Å². The number of rotatable bonds is 5. The maximum atomic E-state index is 12.3. The van der Waals surface area contributed by atoms with Gasteiger partial charge in [0.25, 0.3) is 5.91 Å². The maximum Gasteiger partial charge on any atom is 0.322 e. The minimum Gasteiger partial charge on any atom is -0.481 e. The maximum absolute atomic E-state index is 12.3. The van der Waals surface area contributed by atoms with Crippen LogP contribution < -0.4 is 10.6 Å². The number of aliphatic carboxylic acids is 1. The molecule has 1 aromatic carbocycles. The first kappa shape index (κ1) is 14.6. The first-order valence-electron chi connectivity index (χ1n) is 7.35. The molecule has 6 nitrogen and oxygen atoms in total. The summed E-state index contributed by atoms with van der Waals surface area (Å²) in [7, 11) is 0. The van der Waals surface area contributed by atoms with Crippen molar-refractivity contribution in [2.75, 3.05) is 0 Å². The molecule has 1 aromatic rings. The number of carboxylic acids is 1. The first-order valence-corrected chi connectivity index (χ1v) is 7.35. The minimum atomic E-state index is -1.09. The van der Waals surface area contributed by atoms with E-state index in [-0.39, 0.29) is 5.92 Å². The van der Waals surface area contributed by atoms with E-state index in [9.17, 15) is 14.4 Å². The van der Waals surface area contributed by atoms with E-state index >= 15 is 0 Å². The fourth-order valence-corrected chi connectivity index (χ4v) is 3.36. The molecule has 116 valence electrons. The molecule has 3 amide bonds. The van der Waals surface area contributed by atoms with Gasteiger partial charge < -0.3 is 10.4 Å². The normalized spacial score (nSPS) is 29.9. The fourth-order valence-electron chi connectivity index (χ4n) is 3.36. The third-order valence-corrected chi connectivity index (χ3v) is 4.76. The highest BCUT2D eigenvalue weighted by molar-refractivity contribution is 6.07. The SMILES string of the molecule is Cc1ccccc1CCC1(C2CC2C(=O)O)NC(=O)NC1=O. The van der Waals surface area contributed by atoms with E-state index in [1.54, 1.807) is 0 Å². The van der Waals surface area contributed by atoms with E-state index in [2.05, 4.69) is 10.6 Å². The summed E-state index contributed by atoms with van der Waals surface area (Å²) in [5, 5.41) is 14.1. The monoisotopic (exact) mass is 302 g/mol. The molecule has 3 atom stereocenters. The van der Waals surface area contributed by atoms with Crippen LogP contribution in [0.3, 0.4) is 0 Å². The number of hydrogen-bond donors (Lipinski definition) is 3. The van der Waals surface area contributed by atoms with Gasteiger partial charge in [-0.1, -0.05) is 24.3 Å². The van der Waals surface area contributed by atoms with Crippen molar-refractivity contribution in [1.29, 1.82) is 0 Å². The van der Waals surface area contributed by atoms with Crippen molar-refractivity contribution in [2.24, 2.45) is 11.8 Å². The van der Waals surface area contributed by atoms with Crippen LogP contribution in [-0.4, -0.2) is 28.6 Å². The predicted octanol–water partition coefficient (Wildman–Crippen LogP) is 1.23. The smallest absolute Gasteiger partial charge is 0.322 e. The van der Waals surface area contributed by atoms with Crippen LogP contribution in [0.2, 0.25) is 0 Å². The standard InChI is InChI=1S/C16H18N2O4/c1-9-4-2-3-5-10(9)6-7-16(12-8-11(12)13(19)20)14(21)17-15(22)18-16/h2-5,11-12H,6-8H2,1H3,(H,19,20)(H2,17,18,21,22). The zero-order valence-electron chi connectivity index (χ0n) is 12.3. The van der Waals surface area contributed by atoms with Gasteiger partial charge in [0.1, 0.15) is 5.54 Å². The molecule has 1 heterocycles. The van der Waals surface area contributed by atoms with Crippen LogP contribution in [0.15, 0.2) is 24.3 Å². The molecule has 3 rings (SSSR count).